The van der Waals surface area contributed by atoms with Crippen molar-refractivity contribution in [3.63, 3.8) is 0 Å². The molecule has 1 aliphatic carbocycles. The highest BCUT2D eigenvalue weighted by Crippen LogP contribution is 2.36. The van der Waals surface area contributed by atoms with Crippen LogP contribution < -0.4 is 0 Å². The minimum absolute atomic E-state index is 0.0131. The summed E-state index contributed by atoms with van der Waals surface area (Å²) in [5.41, 5.74) is 0. The highest BCUT2D eigenvalue weighted by molar-refractivity contribution is 6.21. The molecule has 56 valence electrons. The van der Waals surface area contributed by atoms with Gasteiger partial charge in [-0.25, -0.2) is 0 Å². The van der Waals surface area contributed by atoms with Crippen molar-refractivity contribution in [2.45, 2.75) is 30.7 Å². The van der Waals surface area contributed by atoms with Crippen LogP contribution in [0, 0.1) is 5.92 Å². The second kappa shape index (κ2) is 2.12. The minimum Gasteiger partial charge on any atom is -0.461 e. The van der Waals surface area contributed by atoms with Gasteiger partial charge in [0.1, 0.15) is 6.10 Å². The third-order valence-electron chi connectivity index (χ3n) is 2.31. The summed E-state index contributed by atoms with van der Waals surface area (Å²) in [5, 5.41) is 0.0800. The number of carbonyl (C=O) groups excluding carboxylic acids is 1. The largest absolute Gasteiger partial charge is 0.461 e. The SMILES string of the molecule is O=C1O[C@H]2CC[C@@H]1C[C@@H]2Cl. The van der Waals surface area contributed by atoms with E-state index >= 15 is 0 Å². The molecule has 0 aromatic rings. The second-order valence-corrected chi connectivity index (χ2v) is 3.56. The molecule has 1 saturated carbocycles. The van der Waals surface area contributed by atoms with Gasteiger partial charge in [0, 0.05) is 0 Å². The van der Waals surface area contributed by atoms with Crippen LogP contribution >= 0.6 is 11.6 Å². The fraction of sp³-hybridized carbons (Fsp3) is 0.857. The van der Waals surface area contributed by atoms with Gasteiger partial charge in [0.2, 0.25) is 0 Å². The molecule has 2 heterocycles. The summed E-state index contributed by atoms with van der Waals surface area (Å²) < 4.78 is 5.03. The van der Waals surface area contributed by atoms with Crippen LogP contribution in [0.2, 0.25) is 0 Å². The van der Waals surface area contributed by atoms with Gasteiger partial charge >= 0.3 is 5.97 Å². The normalized spacial score (nSPS) is 45.3. The fourth-order valence-electron chi connectivity index (χ4n) is 1.68. The zero-order valence-corrected chi connectivity index (χ0v) is 6.30. The maximum atomic E-state index is 10.9. The number of halogens is 1. The van der Waals surface area contributed by atoms with Crippen molar-refractivity contribution in [3.05, 3.63) is 0 Å². The van der Waals surface area contributed by atoms with Crippen molar-refractivity contribution in [1.82, 2.24) is 0 Å². The Morgan fingerprint density at radius 1 is 1.50 bits per heavy atom. The topological polar surface area (TPSA) is 26.3 Å². The molecule has 0 spiro atoms. The van der Waals surface area contributed by atoms with E-state index in [4.69, 9.17) is 16.3 Å². The lowest BCUT2D eigenvalue weighted by Crippen LogP contribution is -2.44. The first-order chi connectivity index (χ1) is 4.77. The number of hydrogen-bond acceptors (Lipinski definition) is 2. The van der Waals surface area contributed by atoms with Crippen molar-refractivity contribution in [2.24, 2.45) is 5.92 Å². The lowest BCUT2D eigenvalue weighted by molar-refractivity contribution is -0.167. The van der Waals surface area contributed by atoms with Gasteiger partial charge in [0.15, 0.2) is 0 Å². The molecular weight excluding hydrogens is 152 g/mol. The van der Waals surface area contributed by atoms with Gasteiger partial charge < -0.3 is 4.74 Å². The Morgan fingerprint density at radius 3 is 2.60 bits per heavy atom. The summed E-state index contributed by atoms with van der Waals surface area (Å²) >= 11 is 5.90. The minimum atomic E-state index is -0.0341. The highest BCUT2D eigenvalue weighted by atomic mass is 35.5. The van der Waals surface area contributed by atoms with Gasteiger partial charge in [0.05, 0.1) is 11.3 Å². The Balaban J connectivity index is 2.16. The first kappa shape index (κ1) is 6.47. The van der Waals surface area contributed by atoms with Crippen molar-refractivity contribution in [2.75, 3.05) is 0 Å². The summed E-state index contributed by atoms with van der Waals surface area (Å²) in [6.07, 6.45) is 2.78. The van der Waals surface area contributed by atoms with Gasteiger partial charge in [-0.1, -0.05) is 0 Å². The van der Waals surface area contributed by atoms with Crippen LogP contribution in [-0.4, -0.2) is 17.5 Å². The molecule has 2 aliphatic heterocycles. The zero-order valence-electron chi connectivity index (χ0n) is 5.55. The van der Waals surface area contributed by atoms with E-state index in [1.807, 2.05) is 0 Å². The third kappa shape index (κ3) is 0.823. The number of hydrogen-bond donors (Lipinski definition) is 0. The Bertz CT molecular complexity index is 169. The van der Waals surface area contributed by atoms with E-state index in [1.165, 1.54) is 0 Å². The van der Waals surface area contributed by atoms with E-state index in [0.717, 1.165) is 19.3 Å². The summed E-state index contributed by atoms with van der Waals surface area (Å²) in [5.74, 6) is 0.0700. The number of rotatable bonds is 0. The van der Waals surface area contributed by atoms with Crippen LogP contribution in [0.3, 0.4) is 0 Å². The molecule has 3 atom stereocenters. The van der Waals surface area contributed by atoms with E-state index in [0.29, 0.717) is 0 Å². The van der Waals surface area contributed by atoms with Crippen LogP contribution in [0.5, 0.6) is 0 Å². The molecule has 10 heavy (non-hydrogen) atoms. The van der Waals surface area contributed by atoms with E-state index < -0.39 is 0 Å². The molecule has 3 heteroatoms. The molecule has 0 aromatic carbocycles. The molecule has 2 nitrogen and oxygen atoms in total. The number of ether oxygens (including phenoxy) is 1. The molecule has 0 aromatic heterocycles. The van der Waals surface area contributed by atoms with E-state index in [1.54, 1.807) is 0 Å². The molecule has 3 rings (SSSR count). The molecule has 0 radical (unpaired) electrons. The third-order valence-corrected chi connectivity index (χ3v) is 2.77. The maximum absolute atomic E-state index is 10.9. The predicted molar refractivity (Wildman–Crippen MR) is 36.9 cm³/mol. The molecule has 0 amide bonds. The van der Waals surface area contributed by atoms with Crippen LogP contribution in [-0.2, 0) is 9.53 Å². The van der Waals surface area contributed by atoms with Crippen molar-refractivity contribution < 1.29 is 9.53 Å². The standard InChI is InChI=1S/C7H9ClO2/c8-5-3-4-1-2-6(5)10-7(4)9/h4-6H,1-3H2/t4-,5+,6+/m1/s1. The monoisotopic (exact) mass is 160 g/mol. The molecule has 3 fully saturated rings. The second-order valence-electron chi connectivity index (χ2n) is 3.00. The lowest BCUT2D eigenvalue weighted by atomic mass is 9.84. The van der Waals surface area contributed by atoms with Gasteiger partial charge in [0.25, 0.3) is 0 Å². The molecule has 2 bridgehead atoms. The Labute approximate surface area is 64.5 Å². The van der Waals surface area contributed by atoms with E-state index in [9.17, 15) is 4.79 Å². The molecule has 2 saturated heterocycles. The van der Waals surface area contributed by atoms with Gasteiger partial charge in [-0.05, 0) is 19.3 Å². The average Bonchev–Trinajstić information content (AvgIpc) is 1.91. The Kier molecular flexibility index (Phi) is 1.37. The van der Waals surface area contributed by atoms with E-state index in [-0.39, 0.29) is 23.4 Å². The van der Waals surface area contributed by atoms with Crippen molar-refractivity contribution >= 4 is 17.6 Å². The van der Waals surface area contributed by atoms with Gasteiger partial charge in [-0.15, -0.1) is 11.6 Å². The number of esters is 1. The average molecular weight is 161 g/mol. The van der Waals surface area contributed by atoms with E-state index in [2.05, 4.69) is 0 Å². The first-order valence-corrected chi connectivity index (χ1v) is 4.05. The molecule has 0 N–H and O–H groups in total. The Morgan fingerprint density at radius 2 is 2.30 bits per heavy atom. The zero-order chi connectivity index (χ0) is 7.14. The molecular formula is C7H9ClO2. The fourth-order valence-corrected chi connectivity index (χ4v) is 2.07. The van der Waals surface area contributed by atoms with Crippen LogP contribution in [0.4, 0.5) is 0 Å². The van der Waals surface area contributed by atoms with Crippen molar-refractivity contribution in [3.8, 4) is 0 Å². The van der Waals surface area contributed by atoms with Crippen LogP contribution in [0.15, 0.2) is 0 Å². The first-order valence-electron chi connectivity index (χ1n) is 3.62. The smallest absolute Gasteiger partial charge is 0.309 e. The number of fused-ring (bicyclic) bond motifs is 3. The molecule has 3 aliphatic rings. The highest BCUT2D eigenvalue weighted by Gasteiger charge is 2.41. The van der Waals surface area contributed by atoms with Gasteiger partial charge in [-0.2, -0.15) is 0 Å². The lowest BCUT2D eigenvalue weighted by Gasteiger charge is -2.37. The predicted octanol–water partition coefficient (Wildman–Crippen LogP) is 1.32. The maximum Gasteiger partial charge on any atom is 0.309 e. The molecule has 0 unspecified atom stereocenters. The van der Waals surface area contributed by atoms with Crippen molar-refractivity contribution in [1.29, 1.82) is 0 Å². The summed E-state index contributed by atoms with van der Waals surface area (Å²) in [6.45, 7) is 0. The quantitative estimate of drug-likeness (QED) is 0.395. The van der Waals surface area contributed by atoms with Crippen LogP contribution in [0.1, 0.15) is 19.3 Å². The Hall–Kier alpha value is -0.240. The summed E-state index contributed by atoms with van der Waals surface area (Å²) in [4.78, 5) is 10.9. The summed E-state index contributed by atoms with van der Waals surface area (Å²) in [6, 6.07) is 0. The van der Waals surface area contributed by atoms with Crippen LogP contribution in [0.25, 0.3) is 0 Å². The van der Waals surface area contributed by atoms with Gasteiger partial charge in [-0.3, -0.25) is 4.79 Å². The number of carbonyl (C=O) groups is 1. The summed E-state index contributed by atoms with van der Waals surface area (Å²) in [7, 11) is 0. The number of alkyl halides is 1.